The van der Waals surface area contributed by atoms with Gasteiger partial charge in [0.15, 0.2) is 0 Å². The summed E-state index contributed by atoms with van der Waals surface area (Å²) in [5.41, 5.74) is 0.379. The summed E-state index contributed by atoms with van der Waals surface area (Å²) < 4.78 is 29.2. The molecule has 2 aromatic rings. The highest BCUT2D eigenvalue weighted by Crippen LogP contribution is 2.24. The van der Waals surface area contributed by atoms with Crippen LogP contribution >= 0.6 is 0 Å². The second kappa shape index (κ2) is 7.91. The zero-order valence-electron chi connectivity index (χ0n) is 16.8. The Morgan fingerprint density at radius 2 is 1.66 bits per heavy atom. The highest BCUT2D eigenvalue weighted by atomic mass is 32.2. The van der Waals surface area contributed by atoms with E-state index < -0.39 is 15.5 Å². The molecule has 1 aromatic heterocycles. The summed E-state index contributed by atoms with van der Waals surface area (Å²) in [6.07, 6.45) is 6.31. The van der Waals surface area contributed by atoms with Crippen molar-refractivity contribution in [2.45, 2.75) is 50.5 Å². The number of rotatable bonds is 4. The van der Waals surface area contributed by atoms with E-state index in [-0.39, 0.29) is 21.8 Å². The molecule has 0 saturated carbocycles. The van der Waals surface area contributed by atoms with Gasteiger partial charge in [-0.25, -0.2) is 8.42 Å². The Balaban J connectivity index is 1.83. The van der Waals surface area contributed by atoms with Crippen molar-refractivity contribution >= 4 is 26.8 Å². The van der Waals surface area contributed by atoms with Gasteiger partial charge in [-0.05, 0) is 57.2 Å². The second-order valence-corrected chi connectivity index (χ2v) is 9.74. The first-order valence-corrected chi connectivity index (χ1v) is 11.8. The fourth-order valence-corrected chi connectivity index (χ4v) is 5.84. The lowest BCUT2D eigenvalue weighted by atomic mass is 10.1. The van der Waals surface area contributed by atoms with Crippen molar-refractivity contribution in [3.63, 3.8) is 0 Å². The van der Waals surface area contributed by atoms with Gasteiger partial charge in [0.1, 0.15) is 5.56 Å². The normalized spacial score (nSPS) is 18.4. The summed E-state index contributed by atoms with van der Waals surface area (Å²) in [7, 11) is -3.63. The minimum Gasteiger partial charge on any atom is -0.347 e. The standard InChI is InChI=1S/C21H27N3O4S/c1-2-22-15-18(21(26)23-10-4-3-5-11-23)20(25)17-14-16(8-9-19(17)22)29(27,28)24-12-6-7-13-24/h8-9,14-15H,2-7,10-13H2,1H3. The maximum Gasteiger partial charge on any atom is 0.259 e. The van der Waals surface area contributed by atoms with Crippen molar-refractivity contribution in [1.29, 1.82) is 0 Å². The number of hydrogen-bond donors (Lipinski definition) is 0. The minimum atomic E-state index is -3.63. The van der Waals surface area contributed by atoms with Gasteiger partial charge < -0.3 is 9.47 Å². The number of amides is 1. The first-order chi connectivity index (χ1) is 13.9. The number of aryl methyl sites for hydroxylation is 1. The molecule has 1 amide bonds. The predicted molar refractivity (Wildman–Crippen MR) is 112 cm³/mol. The summed E-state index contributed by atoms with van der Waals surface area (Å²) in [6.45, 7) is 4.85. The van der Waals surface area contributed by atoms with Gasteiger partial charge in [0, 0.05) is 44.3 Å². The van der Waals surface area contributed by atoms with Crippen molar-refractivity contribution in [2.24, 2.45) is 0 Å². The Labute approximate surface area is 171 Å². The third-order valence-corrected chi connectivity index (χ3v) is 7.86. The number of benzene rings is 1. The van der Waals surface area contributed by atoms with E-state index in [1.54, 1.807) is 23.2 Å². The third kappa shape index (κ3) is 3.59. The van der Waals surface area contributed by atoms with Crippen LogP contribution in [0.15, 0.2) is 34.1 Å². The molecule has 0 aliphatic carbocycles. The maximum atomic E-state index is 13.2. The van der Waals surface area contributed by atoms with Gasteiger partial charge in [0.25, 0.3) is 5.91 Å². The summed E-state index contributed by atoms with van der Waals surface area (Å²) in [4.78, 5) is 28.1. The molecule has 156 valence electrons. The molecule has 4 rings (SSSR count). The molecule has 0 bridgehead atoms. The fraction of sp³-hybridized carbons (Fsp3) is 0.524. The molecular formula is C21H27N3O4S. The summed E-state index contributed by atoms with van der Waals surface area (Å²) in [6, 6.07) is 4.69. The third-order valence-electron chi connectivity index (χ3n) is 5.97. The van der Waals surface area contributed by atoms with E-state index in [0.717, 1.165) is 32.1 Å². The van der Waals surface area contributed by atoms with Crippen LogP contribution in [-0.2, 0) is 16.6 Å². The van der Waals surface area contributed by atoms with E-state index in [9.17, 15) is 18.0 Å². The zero-order valence-corrected chi connectivity index (χ0v) is 17.6. The summed E-state index contributed by atoms with van der Waals surface area (Å²) in [5, 5.41) is 0.287. The smallest absolute Gasteiger partial charge is 0.259 e. The lowest BCUT2D eigenvalue weighted by Crippen LogP contribution is -2.38. The van der Waals surface area contributed by atoms with E-state index in [4.69, 9.17) is 0 Å². The molecule has 0 spiro atoms. The number of hydrogen-bond acceptors (Lipinski definition) is 4. The van der Waals surface area contributed by atoms with Gasteiger partial charge in [-0.2, -0.15) is 4.31 Å². The van der Waals surface area contributed by atoms with Gasteiger partial charge in [0.05, 0.1) is 10.4 Å². The van der Waals surface area contributed by atoms with Gasteiger partial charge in [0.2, 0.25) is 15.5 Å². The number of fused-ring (bicyclic) bond motifs is 1. The van der Waals surface area contributed by atoms with Crippen LogP contribution in [0.1, 0.15) is 49.4 Å². The van der Waals surface area contributed by atoms with Crippen LogP contribution in [0.25, 0.3) is 10.9 Å². The molecule has 7 nitrogen and oxygen atoms in total. The van der Waals surface area contributed by atoms with Gasteiger partial charge in [-0.3, -0.25) is 9.59 Å². The first-order valence-electron chi connectivity index (χ1n) is 10.4. The SMILES string of the molecule is CCn1cc(C(=O)N2CCCCC2)c(=O)c2cc(S(=O)(=O)N3CCCC3)ccc21. The zero-order chi connectivity index (χ0) is 20.6. The number of nitrogens with zero attached hydrogens (tertiary/aromatic N) is 3. The Morgan fingerprint density at radius 1 is 1.00 bits per heavy atom. The monoisotopic (exact) mass is 417 g/mol. The molecule has 0 radical (unpaired) electrons. The van der Waals surface area contributed by atoms with E-state index >= 15 is 0 Å². The lowest BCUT2D eigenvalue weighted by molar-refractivity contribution is 0.0722. The van der Waals surface area contributed by atoms with Crippen molar-refractivity contribution in [2.75, 3.05) is 26.2 Å². The molecule has 2 aliphatic rings. The number of likely N-dealkylation sites (tertiary alicyclic amines) is 1. The quantitative estimate of drug-likeness (QED) is 0.765. The highest BCUT2D eigenvalue weighted by molar-refractivity contribution is 7.89. The molecule has 3 heterocycles. The molecule has 0 N–H and O–H groups in total. The average molecular weight is 418 g/mol. The Bertz CT molecular complexity index is 1090. The summed E-state index contributed by atoms with van der Waals surface area (Å²) in [5.74, 6) is -0.258. The van der Waals surface area contributed by atoms with E-state index in [1.165, 1.54) is 10.4 Å². The van der Waals surface area contributed by atoms with Crippen molar-refractivity contribution in [1.82, 2.24) is 13.8 Å². The van der Waals surface area contributed by atoms with E-state index in [2.05, 4.69) is 0 Å². The van der Waals surface area contributed by atoms with Crippen LogP contribution in [0, 0.1) is 0 Å². The topological polar surface area (TPSA) is 79.7 Å². The Kier molecular flexibility index (Phi) is 5.48. The number of carbonyl (C=O) groups is 1. The molecule has 1 aromatic carbocycles. The second-order valence-electron chi connectivity index (χ2n) is 7.80. The Morgan fingerprint density at radius 3 is 2.31 bits per heavy atom. The van der Waals surface area contributed by atoms with E-state index in [0.29, 0.717) is 38.2 Å². The largest absolute Gasteiger partial charge is 0.347 e. The summed E-state index contributed by atoms with van der Waals surface area (Å²) >= 11 is 0. The average Bonchev–Trinajstić information content (AvgIpc) is 3.30. The fourth-order valence-electron chi connectivity index (χ4n) is 4.30. The van der Waals surface area contributed by atoms with Gasteiger partial charge in [-0.1, -0.05) is 0 Å². The molecule has 29 heavy (non-hydrogen) atoms. The lowest BCUT2D eigenvalue weighted by Gasteiger charge is -2.27. The molecule has 0 unspecified atom stereocenters. The van der Waals surface area contributed by atoms with Crippen LogP contribution in [-0.4, -0.2) is 54.3 Å². The van der Waals surface area contributed by atoms with Crippen LogP contribution < -0.4 is 5.43 Å². The number of piperidine rings is 1. The number of pyridine rings is 1. The van der Waals surface area contributed by atoms with Crippen LogP contribution in [0.2, 0.25) is 0 Å². The number of carbonyl (C=O) groups excluding carboxylic acids is 1. The van der Waals surface area contributed by atoms with Crippen molar-refractivity contribution in [3.8, 4) is 0 Å². The predicted octanol–water partition coefficient (Wildman–Crippen LogP) is 2.43. The van der Waals surface area contributed by atoms with Gasteiger partial charge >= 0.3 is 0 Å². The molecular weight excluding hydrogens is 390 g/mol. The first kappa shape index (κ1) is 20.1. The molecule has 8 heteroatoms. The van der Waals surface area contributed by atoms with Crippen molar-refractivity contribution < 1.29 is 13.2 Å². The number of aromatic nitrogens is 1. The van der Waals surface area contributed by atoms with Crippen LogP contribution in [0.3, 0.4) is 0 Å². The van der Waals surface area contributed by atoms with Gasteiger partial charge in [-0.15, -0.1) is 0 Å². The maximum absolute atomic E-state index is 13.2. The van der Waals surface area contributed by atoms with Crippen LogP contribution in [0.5, 0.6) is 0 Å². The highest BCUT2D eigenvalue weighted by Gasteiger charge is 2.28. The van der Waals surface area contributed by atoms with Crippen LogP contribution in [0.4, 0.5) is 0 Å². The Hall–Kier alpha value is -2.19. The molecule has 2 saturated heterocycles. The van der Waals surface area contributed by atoms with Crippen molar-refractivity contribution in [3.05, 3.63) is 40.2 Å². The number of sulfonamides is 1. The molecule has 2 fully saturated rings. The minimum absolute atomic E-state index is 0.120. The molecule has 0 atom stereocenters. The van der Waals surface area contributed by atoms with E-state index in [1.807, 2.05) is 11.5 Å². The molecule has 2 aliphatic heterocycles.